The zero-order valence-electron chi connectivity index (χ0n) is 9.57. The molecule has 0 amide bonds. The standard InChI is InChI=1S/C12H17NO2S/c1-2-15-11(14)7-10-8-16-12(13-10)9-5-3-4-6-9/h8-9H,2-7H2,1H3. The summed E-state index contributed by atoms with van der Waals surface area (Å²) in [5, 5.41) is 3.20. The van der Waals surface area contributed by atoms with Gasteiger partial charge in [-0.25, -0.2) is 4.98 Å². The molecular formula is C12H17NO2S. The van der Waals surface area contributed by atoms with E-state index in [1.54, 1.807) is 11.3 Å². The Kier molecular flexibility index (Phi) is 3.93. The lowest BCUT2D eigenvalue weighted by Crippen LogP contribution is -2.07. The molecule has 1 aliphatic rings. The quantitative estimate of drug-likeness (QED) is 0.758. The minimum absolute atomic E-state index is 0.175. The second-order valence-electron chi connectivity index (χ2n) is 4.14. The fourth-order valence-electron chi connectivity index (χ4n) is 2.12. The van der Waals surface area contributed by atoms with Crippen LogP contribution in [0.25, 0.3) is 0 Å². The van der Waals surface area contributed by atoms with Gasteiger partial charge in [-0.1, -0.05) is 12.8 Å². The molecule has 0 aliphatic heterocycles. The summed E-state index contributed by atoms with van der Waals surface area (Å²) >= 11 is 1.69. The number of rotatable bonds is 4. The van der Waals surface area contributed by atoms with Crippen LogP contribution in [0.5, 0.6) is 0 Å². The number of carbonyl (C=O) groups excluding carboxylic acids is 1. The second-order valence-corrected chi connectivity index (χ2v) is 5.03. The Morgan fingerprint density at radius 1 is 1.56 bits per heavy atom. The predicted molar refractivity (Wildman–Crippen MR) is 63.7 cm³/mol. The Labute approximate surface area is 99.8 Å². The second kappa shape index (κ2) is 5.43. The zero-order chi connectivity index (χ0) is 11.4. The molecule has 1 aromatic heterocycles. The van der Waals surface area contributed by atoms with Crippen LogP contribution >= 0.6 is 11.3 Å². The average Bonchev–Trinajstić information content (AvgIpc) is 2.86. The summed E-state index contributed by atoms with van der Waals surface area (Å²) in [6.45, 7) is 2.27. The van der Waals surface area contributed by atoms with Gasteiger partial charge >= 0.3 is 5.97 Å². The van der Waals surface area contributed by atoms with E-state index in [1.165, 1.54) is 30.7 Å². The summed E-state index contributed by atoms with van der Waals surface area (Å²) in [7, 11) is 0. The van der Waals surface area contributed by atoms with Crippen molar-refractivity contribution < 1.29 is 9.53 Å². The molecule has 2 rings (SSSR count). The maximum Gasteiger partial charge on any atom is 0.311 e. The molecule has 4 heteroatoms. The van der Waals surface area contributed by atoms with Gasteiger partial charge in [0, 0.05) is 11.3 Å². The molecule has 0 unspecified atom stereocenters. The van der Waals surface area contributed by atoms with Gasteiger partial charge in [-0.3, -0.25) is 4.79 Å². The van der Waals surface area contributed by atoms with E-state index in [4.69, 9.17) is 4.74 Å². The average molecular weight is 239 g/mol. The normalized spacial score (nSPS) is 16.6. The summed E-state index contributed by atoms with van der Waals surface area (Å²) < 4.78 is 4.91. The molecule has 3 nitrogen and oxygen atoms in total. The number of carbonyl (C=O) groups is 1. The Hall–Kier alpha value is -0.900. The van der Waals surface area contributed by atoms with E-state index in [-0.39, 0.29) is 5.97 Å². The van der Waals surface area contributed by atoms with E-state index < -0.39 is 0 Å². The molecule has 0 radical (unpaired) electrons. The number of nitrogens with zero attached hydrogens (tertiary/aromatic N) is 1. The third-order valence-corrected chi connectivity index (χ3v) is 3.96. The van der Waals surface area contributed by atoms with Crippen LogP contribution in [0.4, 0.5) is 0 Å². The summed E-state index contributed by atoms with van der Waals surface area (Å²) in [6.07, 6.45) is 5.46. The fourth-order valence-corrected chi connectivity index (χ4v) is 3.11. The molecule has 0 N–H and O–H groups in total. The van der Waals surface area contributed by atoms with Crippen LogP contribution in [0.3, 0.4) is 0 Å². The maximum absolute atomic E-state index is 11.3. The third kappa shape index (κ3) is 2.82. The van der Waals surface area contributed by atoms with Gasteiger partial charge in [0.1, 0.15) is 0 Å². The van der Waals surface area contributed by atoms with Crippen molar-refractivity contribution in [3.05, 3.63) is 16.1 Å². The minimum Gasteiger partial charge on any atom is -0.466 e. The van der Waals surface area contributed by atoms with E-state index in [9.17, 15) is 4.79 Å². The first kappa shape index (κ1) is 11.6. The van der Waals surface area contributed by atoms with Gasteiger partial charge in [0.05, 0.1) is 23.7 Å². The van der Waals surface area contributed by atoms with Gasteiger partial charge in [0.2, 0.25) is 0 Å². The lowest BCUT2D eigenvalue weighted by Gasteiger charge is -2.02. The Balaban J connectivity index is 1.93. The first-order valence-corrected chi connectivity index (χ1v) is 6.77. The van der Waals surface area contributed by atoms with Crippen molar-refractivity contribution in [3.8, 4) is 0 Å². The minimum atomic E-state index is -0.175. The summed E-state index contributed by atoms with van der Waals surface area (Å²) in [5.41, 5.74) is 0.866. The summed E-state index contributed by atoms with van der Waals surface area (Å²) in [5.74, 6) is 0.465. The molecule has 0 bridgehead atoms. The van der Waals surface area contributed by atoms with Gasteiger partial charge in [-0.05, 0) is 19.8 Å². The first-order chi connectivity index (χ1) is 7.79. The van der Waals surface area contributed by atoms with Crippen LogP contribution in [0.1, 0.15) is 49.2 Å². The van der Waals surface area contributed by atoms with Crippen LogP contribution in [0.2, 0.25) is 0 Å². The molecular weight excluding hydrogens is 222 g/mol. The van der Waals surface area contributed by atoms with Gasteiger partial charge in [-0.2, -0.15) is 0 Å². The number of hydrogen-bond donors (Lipinski definition) is 0. The number of aromatic nitrogens is 1. The Morgan fingerprint density at radius 3 is 3.00 bits per heavy atom. The van der Waals surface area contributed by atoms with Crippen molar-refractivity contribution in [2.24, 2.45) is 0 Å². The summed E-state index contributed by atoms with van der Waals surface area (Å²) in [4.78, 5) is 15.8. The molecule has 1 fully saturated rings. The molecule has 0 saturated heterocycles. The van der Waals surface area contributed by atoms with E-state index >= 15 is 0 Å². The molecule has 1 heterocycles. The molecule has 1 saturated carbocycles. The first-order valence-electron chi connectivity index (χ1n) is 5.89. The van der Waals surface area contributed by atoms with Gasteiger partial charge < -0.3 is 4.74 Å². The number of esters is 1. The number of ether oxygens (including phenoxy) is 1. The topological polar surface area (TPSA) is 39.2 Å². The molecule has 88 valence electrons. The smallest absolute Gasteiger partial charge is 0.311 e. The highest BCUT2D eigenvalue weighted by Gasteiger charge is 2.20. The van der Waals surface area contributed by atoms with Crippen LogP contribution in [-0.4, -0.2) is 17.6 Å². The van der Waals surface area contributed by atoms with Crippen molar-refractivity contribution in [3.63, 3.8) is 0 Å². The Bertz CT molecular complexity index is 356. The number of thiazole rings is 1. The zero-order valence-corrected chi connectivity index (χ0v) is 10.4. The van der Waals surface area contributed by atoms with E-state index in [2.05, 4.69) is 4.98 Å². The highest BCUT2D eigenvalue weighted by Crippen LogP contribution is 2.35. The van der Waals surface area contributed by atoms with E-state index in [0.29, 0.717) is 18.9 Å². The molecule has 1 aliphatic carbocycles. The van der Waals surface area contributed by atoms with Crippen LogP contribution in [0, 0.1) is 0 Å². The molecule has 16 heavy (non-hydrogen) atoms. The Morgan fingerprint density at radius 2 is 2.31 bits per heavy atom. The van der Waals surface area contributed by atoms with Crippen molar-refractivity contribution in [2.45, 2.75) is 44.9 Å². The van der Waals surface area contributed by atoms with Crippen molar-refractivity contribution in [1.29, 1.82) is 0 Å². The lowest BCUT2D eigenvalue weighted by atomic mass is 10.1. The van der Waals surface area contributed by atoms with E-state index in [1.807, 2.05) is 12.3 Å². The van der Waals surface area contributed by atoms with Crippen molar-refractivity contribution in [1.82, 2.24) is 4.98 Å². The molecule has 0 aromatic carbocycles. The molecule has 1 aromatic rings. The monoisotopic (exact) mass is 239 g/mol. The van der Waals surface area contributed by atoms with E-state index in [0.717, 1.165) is 5.69 Å². The van der Waals surface area contributed by atoms with Crippen LogP contribution in [0.15, 0.2) is 5.38 Å². The molecule has 0 spiro atoms. The fraction of sp³-hybridized carbons (Fsp3) is 0.667. The highest BCUT2D eigenvalue weighted by atomic mass is 32.1. The van der Waals surface area contributed by atoms with Gasteiger partial charge in [-0.15, -0.1) is 11.3 Å². The van der Waals surface area contributed by atoms with Crippen molar-refractivity contribution in [2.75, 3.05) is 6.61 Å². The summed E-state index contributed by atoms with van der Waals surface area (Å²) in [6, 6.07) is 0. The molecule has 0 atom stereocenters. The highest BCUT2D eigenvalue weighted by molar-refractivity contribution is 7.09. The van der Waals surface area contributed by atoms with Crippen molar-refractivity contribution >= 4 is 17.3 Å². The number of hydrogen-bond acceptors (Lipinski definition) is 4. The largest absolute Gasteiger partial charge is 0.466 e. The predicted octanol–water partition coefficient (Wildman–Crippen LogP) is 2.91. The van der Waals surface area contributed by atoms with Crippen LogP contribution in [-0.2, 0) is 16.0 Å². The lowest BCUT2D eigenvalue weighted by molar-refractivity contribution is -0.142. The SMILES string of the molecule is CCOC(=O)Cc1csc(C2CCCC2)n1. The third-order valence-electron chi connectivity index (χ3n) is 2.90. The van der Waals surface area contributed by atoms with Gasteiger partial charge in [0.15, 0.2) is 0 Å². The maximum atomic E-state index is 11.3. The van der Waals surface area contributed by atoms with Gasteiger partial charge in [0.25, 0.3) is 0 Å². The van der Waals surface area contributed by atoms with Crippen LogP contribution < -0.4 is 0 Å².